The first-order valence-electron chi connectivity index (χ1n) is 7.50. The Morgan fingerprint density at radius 2 is 2.18 bits per heavy atom. The van der Waals surface area contributed by atoms with E-state index in [-0.39, 0.29) is 0 Å². The Hall–Kier alpha value is -0.300. The lowest BCUT2D eigenvalue weighted by atomic mass is 9.73. The molecule has 3 aliphatic rings. The van der Waals surface area contributed by atoms with Crippen LogP contribution in [0.2, 0.25) is 0 Å². The van der Waals surface area contributed by atoms with Crippen molar-refractivity contribution in [1.29, 1.82) is 0 Å². The minimum Gasteiger partial charge on any atom is -0.380 e. The Kier molecular flexibility index (Phi) is 3.30. The fourth-order valence-corrected chi connectivity index (χ4v) is 4.01. The van der Waals surface area contributed by atoms with Crippen molar-refractivity contribution in [2.24, 2.45) is 23.2 Å². The van der Waals surface area contributed by atoms with Gasteiger partial charge in [0.15, 0.2) is 0 Å². The molecule has 0 bridgehead atoms. The SMILES string of the molecule is CC1(CCCC2CCC3C=CCC3C2)COC1. The summed E-state index contributed by atoms with van der Waals surface area (Å²) < 4.78 is 5.33. The standard InChI is InChI=1S/C16H26O/c1-16(11-17-12-16)9-3-4-13-7-8-14-5-2-6-15(14)10-13/h2,5,13-15H,3-4,6-12H2,1H3. The van der Waals surface area contributed by atoms with E-state index in [9.17, 15) is 0 Å². The van der Waals surface area contributed by atoms with Crippen LogP contribution >= 0.6 is 0 Å². The molecule has 0 N–H and O–H groups in total. The number of rotatable bonds is 4. The van der Waals surface area contributed by atoms with Crippen LogP contribution in [0.1, 0.15) is 51.9 Å². The van der Waals surface area contributed by atoms with Crippen LogP contribution in [0.4, 0.5) is 0 Å². The Morgan fingerprint density at radius 3 is 2.94 bits per heavy atom. The van der Waals surface area contributed by atoms with Gasteiger partial charge in [-0.25, -0.2) is 0 Å². The molecule has 3 atom stereocenters. The van der Waals surface area contributed by atoms with Crippen LogP contribution in [0.5, 0.6) is 0 Å². The molecule has 0 amide bonds. The zero-order valence-electron chi connectivity index (χ0n) is 11.2. The highest BCUT2D eigenvalue weighted by Gasteiger charge is 2.34. The van der Waals surface area contributed by atoms with E-state index >= 15 is 0 Å². The van der Waals surface area contributed by atoms with Gasteiger partial charge in [-0.3, -0.25) is 0 Å². The highest BCUT2D eigenvalue weighted by Crippen LogP contribution is 2.42. The monoisotopic (exact) mass is 234 g/mol. The van der Waals surface area contributed by atoms with Gasteiger partial charge in [0.1, 0.15) is 0 Å². The van der Waals surface area contributed by atoms with Crippen molar-refractivity contribution >= 4 is 0 Å². The third-order valence-corrected chi connectivity index (χ3v) is 5.27. The normalized spacial score (nSPS) is 38.8. The van der Waals surface area contributed by atoms with Crippen LogP contribution in [0.15, 0.2) is 12.2 Å². The first-order valence-corrected chi connectivity index (χ1v) is 7.50. The van der Waals surface area contributed by atoms with Gasteiger partial charge < -0.3 is 4.74 Å². The quantitative estimate of drug-likeness (QED) is 0.663. The number of fused-ring (bicyclic) bond motifs is 1. The first kappa shape index (κ1) is 11.8. The van der Waals surface area contributed by atoms with Gasteiger partial charge in [-0.2, -0.15) is 0 Å². The smallest absolute Gasteiger partial charge is 0.0542 e. The van der Waals surface area contributed by atoms with Crippen LogP contribution in [0.3, 0.4) is 0 Å². The molecule has 1 heteroatoms. The lowest BCUT2D eigenvalue weighted by molar-refractivity contribution is -0.107. The zero-order valence-corrected chi connectivity index (χ0v) is 11.2. The second kappa shape index (κ2) is 4.76. The summed E-state index contributed by atoms with van der Waals surface area (Å²) in [5, 5.41) is 0. The fourth-order valence-electron chi connectivity index (χ4n) is 4.01. The molecule has 0 radical (unpaired) electrons. The van der Waals surface area contributed by atoms with Gasteiger partial charge in [0.05, 0.1) is 13.2 Å². The topological polar surface area (TPSA) is 9.23 Å². The summed E-state index contributed by atoms with van der Waals surface area (Å²) in [6.45, 7) is 4.40. The molecule has 96 valence electrons. The average Bonchev–Trinajstić information content (AvgIpc) is 2.74. The van der Waals surface area contributed by atoms with Crippen LogP contribution in [-0.4, -0.2) is 13.2 Å². The minimum absolute atomic E-state index is 0.534. The number of hydrogen-bond donors (Lipinski definition) is 0. The van der Waals surface area contributed by atoms with Gasteiger partial charge in [0, 0.05) is 5.41 Å². The first-order chi connectivity index (χ1) is 8.25. The molecule has 0 aromatic heterocycles. The van der Waals surface area contributed by atoms with Crippen molar-refractivity contribution in [3.8, 4) is 0 Å². The van der Waals surface area contributed by atoms with Crippen LogP contribution in [0, 0.1) is 23.2 Å². The molecular formula is C16H26O. The van der Waals surface area contributed by atoms with Crippen LogP contribution in [-0.2, 0) is 4.74 Å². The van der Waals surface area contributed by atoms with E-state index < -0.39 is 0 Å². The molecule has 3 unspecified atom stereocenters. The van der Waals surface area contributed by atoms with Crippen molar-refractivity contribution in [2.45, 2.75) is 51.9 Å². The molecule has 0 spiro atoms. The molecule has 3 rings (SSSR count). The molecule has 1 saturated heterocycles. The Labute approximate surface area is 106 Å². The molecule has 2 aliphatic carbocycles. The Morgan fingerprint density at radius 1 is 1.29 bits per heavy atom. The number of allylic oxidation sites excluding steroid dienone is 2. The van der Waals surface area contributed by atoms with Crippen molar-refractivity contribution < 1.29 is 4.74 Å². The van der Waals surface area contributed by atoms with E-state index in [0.717, 1.165) is 31.0 Å². The highest BCUT2D eigenvalue weighted by molar-refractivity contribution is 5.03. The summed E-state index contributed by atoms with van der Waals surface area (Å²) in [6, 6.07) is 0. The number of ether oxygens (including phenoxy) is 1. The van der Waals surface area contributed by atoms with Crippen molar-refractivity contribution in [3.05, 3.63) is 12.2 Å². The second-order valence-electron chi connectivity index (χ2n) is 6.96. The van der Waals surface area contributed by atoms with E-state index in [0.29, 0.717) is 5.41 Å². The lowest BCUT2D eigenvalue weighted by Crippen LogP contribution is -2.39. The molecule has 1 heterocycles. The van der Waals surface area contributed by atoms with Gasteiger partial charge in [0.2, 0.25) is 0 Å². The summed E-state index contributed by atoms with van der Waals surface area (Å²) in [6.07, 6.45) is 15.0. The van der Waals surface area contributed by atoms with Gasteiger partial charge in [0.25, 0.3) is 0 Å². The van der Waals surface area contributed by atoms with Gasteiger partial charge in [-0.15, -0.1) is 0 Å². The predicted octanol–water partition coefficient (Wildman–Crippen LogP) is 4.19. The maximum Gasteiger partial charge on any atom is 0.0542 e. The molecule has 2 fully saturated rings. The molecular weight excluding hydrogens is 208 g/mol. The van der Waals surface area contributed by atoms with E-state index in [1.165, 1.54) is 44.9 Å². The summed E-state index contributed by atoms with van der Waals surface area (Å²) in [7, 11) is 0. The van der Waals surface area contributed by atoms with Crippen molar-refractivity contribution in [1.82, 2.24) is 0 Å². The van der Waals surface area contributed by atoms with Gasteiger partial charge >= 0.3 is 0 Å². The summed E-state index contributed by atoms with van der Waals surface area (Å²) >= 11 is 0. The molecule has 1 aliphatic heterocycles. The predicted molar refractivity (Wildman–Crippen MR) is 70.9 cm³/mol. The second-order valence-corrected chi connectivity index (χ2v) is 6.96. The van der Waals surface area contributed by atoms with Crippen LogP contribution in [0.25, 0.3) is 0 Å². The Bertz CT molecular complexity index is 290. The minimum atomic E-state index is 0.534. The largest absolute Gasteiger partial charge is 0.380 e. The highest BCUT2D eigenvalue weighted by atomic mass is 16.5. The average molecular weight is 234 g/mol. The third-order valence-electron chi connectivity index (χ3n) is 5.27. The number of hydrogen-bond acceptors (Lipinski definition) is 1. The maximum absolute atomic E-state index is 5.33. The molecule has 1 nitrogen and oxygen atoms in total. The molecule has 17 heavy (non-hydrogen) atoms. The van der Waals surface area contributed by atoms with Crippen molar-refractivity contribution in [3.63, 3.8) is 0 Å². The zero-order chi connectivity index (χ0) is 11.7. The summed E-state index contributed by atoms with van der Waals surface area (Å²) in [4.78, 5) is 0. The Balaban J connectivity index is 1.38. The van der Waals surface area contributed by atoms with Gasteiger partial charge in [-0.05, 0) is 49.9 Å². The lowest BCUT2D eigenvalue weighted by Gasteiger charge is -2.39. The van der Waals surface area contributed by atoms with Gasteiger partial charge in [-0.1, -0.05) is 31.9 Å². The van der Waals surface area contributed by atoms with Crippen molar-refractivity contribution in [2.75, 3.05) is 13.2 Å². The summed E-state index contributed by atoms with van der Waals surface area (Å²) in [5.74, 6) is 2.99. The molecule has 0 aromatic carbocycles. The molecule has 0 aromatic rings. The van der Waals surface area contributed by atoms with Crippen LogP contribution < -0.4 is 0 Å². The maximum atomic E-state index is 5.33. The fraction of sp³-hybridized carbons (Fsp3) is 0.875. The third kappa shape index (κ3) is 2.59. The van der Waals surface area contributed by atoms with E-state index in [4.69, 9.17) is 4.74 Å². The van der Waals surface area contributed by atoms with E-state index in [2.05, 4.69) is 19.1 Å². The summed E-state index contributed by atoms with van der Waals surface area (Å²) in [5.41, 5.74) is 0.534. The van der Waals surface area contributed by atoms with E-state index in [1.54, 1.807) is 0 Å². The van der Waals surface area contributed by atoms with E-state index in [1.807, 2.05) is 0 Å². The molecule has 1 saturated carbocycles.